The van der Waals surface area contributed by atoms with Crippen LogP contribution < -0.4 is 0 Å². The predicted molar refractivity (Wildman–Crippen MR) is 58.7 cm³/mol. The van der Waals surface area contributed by atoms with E-state index in [0.717, 1.165) is 38.3 Å². The van der Waals surface area contributed by atoms with Gasteiger partial charge in [-0.3, -0.25) is 4.90 Å². The van der Waals surface area contributed by atoms with Gasteiger partial charge in [0.25, 0.3) is 0 Å². The van der Waals surface area contributed by atoms with Crippen molar-refractivity contribution in [1.29, 1.82) is 0 Å². The molecule has 90 valence electrons. The highest BCUT2D eigenvalue weighted by atomic mass is 16.5. The SMILES string of the molecule is Cc1nc(CN2CCC(C(C)O)CC2)no1. The van der Waals surface area contributed by atoms with Crippen LogP contribution in [-0.2, 0) is 6.54 Å². The number of nitrogens with zero attached hydrogens (tertiary/aromatic N) is 3. The van der Waals surface area contributed by atoms with E-state index in [4.69, 9.17) is 4.52 Å². The van der Waals surface area contributed by atoms with Gasteiger partial charge in [0.15, 0.2) is 5.82 Å². The maximum absolute atomic E-state index is 9.50. The Hall–Kier alpha value is -0.940. The fourth-order valence-corrected chi connectivity index (χ4v) is 2.20. The average molecular weight is 225 g/mol. The summed E-state index contributed by atoms with van der Waals surface area (Å²) in [5.74, 6) is 1.82. The summed E-state index contributed by atoms with van der Waals surface area (Å²) < 4.78 is 4.94. The van der Waals surface area contributed by atoms with Crippen LogP contribution in [0.15, 0.2) is 4.52 Å². The number of hydrogen-bond donors (Lipinski definition) is 1. The first-order chi connectivity index (χ1) is 7.65. The molecule has 5 heteroatoms. The van der Waals surface area contributed by atoms with Gasteiger partial charge in [0.05, 0.1) is 12.6 Å². The first-order valence-corrected chi connectivity index (χ1v) is 5.85. The summed E-state index contributed by atoms with van der Waals surface area (Å²) in [7, 11) is 0. The maximum Gasteiger partial charge on any atom is 0.223 e. The van der Waals surface area contributed by atoms with Gasteiger partial charge in [-0.2, -0.15) is 4.98 Å². The molecule has 0 radical (unpaired) electrons. The second-order valence-corrected chi connectivity index (χ2v) is 4.58. The molecule has 0 amide bonds. The number of piperidine rings is 1. The van der Waals surface area contributed by atoms with Gasteiger partial charge in [-0.05, 0) is 38.8 Å². The molecule has 5 nitrogen and oxygen atoms in total. The molecule has 2 heterocycles. The lowest BCUT2D eigenvalue weighted by Crippen LogP contribution is -2.36. The van der Waals surface area contributed by atoms with Crippen molar-refractivity contribution < 1.29 is 9.63 Å². The molecule has 1 atom stereocenters. The van der Waals surface area contributed by atoms with E-state index in [1.54, 1.807) is 6.92 Å². The molecule has 0 bridgehead atoms. The Labute approximate surface area is 95.4 Å². The minimum absolute atomic E-state index is 0.186. The molecular formula is C11H19N3O2. The largest absolute Gasteiger partial charge is 0.393 e. The smallest absolute Gasteiger partial charge is 0.223 e. The molecule has 0 saturated carbocycles. The minimum Gasteiger partial charge on any atom is -0.393 e. The average Bonchev–Trinajstić information content (AvgIpc) is 2.65. The number of aliphatic hydroxyl groups is 1. The Kier molecular flexibility index (Phi) is 3.56. The summed E-state index contributed by atoms with van der Waals surface area (Å²) in [5.41, 5.74) is 0. The van der Waals surface area contributed by atoms with E-state index < -0.39 is 0 Å². The molecule has 1 fully saturated rings. The first kappa shape index (κ1) is 11.5. The van der Waals surface area contributed by atoms with Crippen molar-refractivity contribution >= 4 is 0 Å². The maximum atomic E-state index is 9.50. The van der Waals surface area contributed by atoms with E-state index in [0.29, 0.717) is 11.8 Å². The fraction of sp³-hybridized carbons (Fsp3) is 0.818. The van der Waals surface area contributed by atoms with Crippen LogP contribution in [0.1, 0.15) is 31.5 Å². The van der Waals surface area contributed by atoms with Gasteiger partial charge < -0.3 is 9.63 Å². The Balaban J connectivity index is 1.81. The summed E-state index contributed by atoms with van der Waals surface area (Å²) in [6.45, 7) is 6.44. The summed E-state index contributed by atoms with van der Waals surface area (Å²) in [6.07, 6.45) is 1.91. The Morgan fingerprint density at radius 3 is 2.69 bits per heavy atom. The van der Waals surface area contributed by atoms with Crippen molar-refractivity contribution in [2.45, 2.75) is 39.3 Å². The third-order valence-corrected chi connectivity index (χ3v) is 3.25. The Morgan fingerprint density at radius 2 is 2.19 bits per heavy atom. The normalized spacial score (nSPS) is 21.2. The zero-order valence-electron chi connectivity index (χ0n) is 9.89. The third-order valence-electron chi connectivity index (χ3n) is 3.25. The zero-order valence-corrected chi connectivity index (χ0v) is 9.89. The van der Waals surface area contributed by atoms with Crippen LogP contribution in [0, 0.1) is 12.8 Å². The predicted octanol–water partition coefficient (Wildman–Crippen LogP) is 0.971. The lowest BCUT2D eigenvalue weighted by molar-refractivity contribution is 0.0684. The van der Waals surface area contributed by atoms with Crippen molar-refractivity contribution in [3.8, 4) is 0 Å². The van der Waals surface area contributed by atoms with Gasteiger partial charge in [-0.25, -0.2) is 0 Å². The summed E-state index contributed by atoms with van der Waals surface area (Å²) >= 11 is 0. The molecule has 1 N–H and O–H groups in total. The van der Waals surface area contributed by atoms with Crippen molar-refractivity contribution in [1.82, 2.24) is 15.0 Å². The minimum atomic E-state index is -0.186. The summed E-state index contributed by atoms with van der Waals surface area (Å²) in [4.78, 5) is 6.50. The van der Waals surface area contributed by atoms with Crippen molar-refractivity contribution in [2.75, 3.05) is 13.1 Å². The van der Waals surface area contributed by atoms with E-state index in [2.05, 4.69) is 15.0 Å². The van der Waals surface area contributed by atoms with E-state index >= 15 is 0 Å². The van der Waals surface area contributed by atoms with Crippen molar-refractivity contribution in [3.05, 3.63) is 11.7 Å². The zero-order chi connectivity index (χ0) is 11.5. The third kappa shape index (κ3) is 2.80. The standard InChI is InChI=1S/C11H19N3O2/c1-8(15)10-3-5-14(6-4-10)7-11-12-9(2)16-13-11/h8,10,15H,3-7H2,1-2H3. The van der Waals surface area contributed by atoms with Gasteiger partial charge in [0.2, 0.25) is 5.89 Å². The van der Waals surface area contributed by atoms with E-state index in [1.807, 2.05) is 6.92 Å². The lowest BCUT2D eigenvalue weighted by atomic mass is 9.92. The molecule has 16 heavy (non-hydrogen) atoms. The monoisotopic (exact) mass is 225 g/mol. The van der Waals surface area contributed by atoms with E-state index in [-0.39, 0.29) is 6.10 Å². The molecule has 1 aromatic heterocycles. The summed E-state index contributed by atoms with van der Waals surface area (Å²) in [6, 6.07) is 0. The molecule has 1 saturated heterocycles. The number of aryl methyl sites for hydroxylation is 1. The Morgan fingerprint density at radius 1 is 1.50 bits per heavy atom. The number of aromatic nitrogens is 2. The second-order valence-electron chi connectivity index (χ2n) is 4.58. The van der Waals surface area contributed by atoms with Gasteiger partial charge >= 0.3 is 0 Å². The second kappa shape index (κ2) is 4.93. The quantitative estimate of drug-likeness (QED) is 0.830. The van der Waals surface area contributed by atoms with E-state index in [1.165, 1.54) is 0 Å². The molecule has 1 aliphatic rings. The molecular weight excluding hydrogens is 206 g/mol. The van der Waals surface area contributed by atoms with Gasteiger partial charge in [0, 0.05) is 6.92 Å². The number of hydrogen-bond acceptors (Lipinski definition) is 5. The molecule has 0 spiro atoms. The first-order valence-electron chi connectivity index (χ1n) is 5.85. The molecule has 1 aromatic rings. The van der Waals surface area contributed by atoms with Crippen LogP contribution in [0.2, 0.25) is 0 Å². The Bertz CT molecular complexity index is 330. The van der Waals surface area contributed by atoms with Gasteiger partial charge in [0.1, 0.15) is 0 Å². The van der Waals surface area contributed by atoms with Crippen LogP contribution in [0.25, 0.3) is 0 Å². The van der Waals surface area contributed by atoms with Gasteiger partial charge in [-0.1, -0.05) is 5.16 Å². The van der Waals surface area contributed by atoms with Gasteiger partial charge in [-0.15, -0.1) is 0 Å². The fourth-order valence-electron chi connectivity index (χ4n) is 2.20. The lowest BCUT2D eigenvalue weighted by Gasteiger charge is -2.32. The highest BCUT2D eigenvalue weighted by Crippen LogP contribution is 2.21. The number of rotatable bonds is 3. The summed E-state index contributed by atoms with van der Waals surface area (Å²) in [5, 5.41) is 13.4. The highest BCUT2D eigenvalue weighted by Gasteiger charge is 2.23. The molecule has 0 aromatic carbocycles. The number of likely N-dealkylation sites (tertiary alicyclic amines) is 1. The van der Waals surface area contributed by atoms with Crippen LogP contribution in [0.4, 0.5) is 0 Å². The number of aliphatic hydroxyl groups excluding tert-OH is 1. The van der Waals surface area contributed by atoms with Crippen LogP contribution in [-0.4, -0.2) is 39.3 Å². The molecule has 2 rings (SSSR count). The molecule has 1 aliphatic heterocycles. The van der Waals surface area contributed by atoms with Crippen LogP contribution >= 0.6 is 0 Å². The van der Waals surface area contributed by atoms with Crippen molar-refractivity contribution in [2.24, 2.45) is 5.92 Å². The van der Waals surface area contributed by atoms with Crippen LogP contribution in [0.3, 0.4) is 0 Å². The van der Waals surface area contributed by atoms with Crippen molar-refractivity contribution in [3.63, 3.8) is 0 Å². The molecule has 0 aliphatic carbocycles. The topological polar surface area (TPSA) is 62.4 Å². The van der Waals surface area contributed by atoms with Crippen LogP contribution in [0.5, 0.6) is 0 Å². The highest BCUT2D eigenvalue weighted by molar-refractivity contribution is 4.85. The molecule has 1 unspecified atom stereocenters. The van der Waals surface area contributed by atoms with E-state index in [9.17, 15) is 5.11 Å².